The third-order valence-corrected chi connectivity index (χ3v) is 2.89. The average Bonchev–Trinajstić information content (AvgIpc) is 2.39. The molecule has 1 amide bonds. The van der Waals surface area contributed by atoms with Gasteiger partial charge in [-0.1, -0.05) is 0 Å². The summed E-state index contributed by atoms with van der Waals surface area (Å²) in [6, 6.07) is 0. The lowest BCUT2D eigenvalue weighted by Crippen LogP contribution is -2.40. The monoisotopic (exact) mass is 283 g/mol. The minimum Gasteiger partial charge on any atom is -0.369 e. The van der Waals surface area contributed by atoms with E-state index in [1.807, 2.05) is 13.8 Å². The molecule has 20 heavy (non-hydrogen) atoms. The Balaban J connectivity index is 2.86. The summed E-state index contributed by atoms with van der Waals surface area (Å²) in [6.45, 7) is 3.80. The van der Waals surface area contributed by atoms with Gasteiger partial charge in [-0.25, -0.2) is 4.79 Å². The molecule has 1 aromatic heterocycles. The summed E-state index contributed by atoms with van der Waals surface area (Å²) < 4.78 is 7.57. The van der Waals surface area contributed by atoms with Crippen LogP contribution in [0.2, 0.25) is 0 Å². The van der Waals surface area contributed by atoms with Crippen LogP contribution in [-0.2, 0) is 30.2 Å². The maximum atomic E-state index is 11.9. The van der Waals surface area contributed by atoms with Crippen molar-refractivity contribution < 1.29 is 9.53 Å². The minimum atomic E-state index is -0.393. The summed E-state index contributed by atoms with van der Waals surface area (Å²) in [5.41, 5.74) is -0.400. The fourth-order valence-electron chi connectivity index (χ4n) is 1.68. The van der Waals surface area contributed by atoms with E-state index in [1.54, 1.807) is 14.1 Å². The summed E-state index contributed by atoms with van der Waals surface area (Å²) in [4.78, 5) is 36.7. The van der Waals surface area contributed by atoms with Crippen LogP contribution in [0.25, 0.3) is 0 Å². The zero-order valence-corrected chi connectivity index (χ0v) is 12.5. The van der Waals surface area contributed by atoms with E-state index in [9.17, 15) is 14.4 Å². The Morgan fingerprint density at radius 2 is 1.95 bits per heavy atom. The predicted molar refractivity (Wildman–Crippen MR) is 74.5 cm³/mol. The molecule has 7 nitrogen and oxygen atoms in total. The van der Waals surface area contributed by atoms with Gasteiger partial charge in [0.05, 0.1) is 18.2 Å². The Hall–Kier alpha value is -1.89. The second-order valence-corrected chi connectivity index (χ2v) is 5.02. The molecule has 7 heteroatoms. The molecule has 112 valence electrons. The van der Waals surface area contributed by atoms with E-state index in [1.165, 1.54) is 22.7 Å². The first-order valence-corrected chi connectivity index (χ1v) is 6.35. The molecule has 1 rings (SSSR count). The number of likely N-dealkylation sites (N-methyl/N-ethyl adjacent to an activating group) is 1. The minimum absolute atomic E-state index is 0.0275. The first kappa shape index (κ1) is 16.2. The molecule has 0 spiro atoms. The van der Waals surface area contributed by atoms with E-state index in [4.69, 9.17) is 4.74 Å². The van der Waals surface area contributed by atoms with Crippen molar-refractivity contribution in [2.24, 2.45) is 14.1 Å². The van der Waals surface area contributed by atoms with Gasteiger partial charge >= 0.3 is 5.69 Å². The molecule has 0 atom stereocenters. The first-order valence-electron chi connectivity index (χ1n) is 6.35. The molecule has 0 saturated carbocycles. The topological polar surface area (TPSA) is 73.5 Å². The van der Waals surface area contributed by atoms with Gasteiger partial charge < -0.3 is 14.2 Å². The van der Waals surface area contributed by atoms with E-state index >= 15 is 0 Å². The van der Waals surface area contributed by atoms with Crippen LogP contribution in [0.1, 0.15) is 19.4 Å². The molecule has 0 aliphatic heterocycles. The quantitative estimate of drug-likeness (QED) is 0.728. The van der Waals surface area contributed by atoms with Crippen LogP contribution in [0.5, 0.6) is 0 Å². The second-order valence-electron chi connectivity index (χ2n) is 5.02. The van der Waals surface area contributed by atoms with Crippen molar-refractivity contribution in [3.05, 3.63) is 32.6 Å². The Bertz CT molecular complexity index is 601. The van der Waals surface area contributed by atoms with E-state index in [0.717, 1.165) is 4.57 Å². The number of ether oxygens (including phenoxy) is 1. The molecule has 1 heterocycles. The summed E-state index contributed by atoms with van der Waals surface area (Å²) in [6.07, 6.45) is 1.43. The number of aromatic nitrogens is 2. The third kappa shape index (κ3) is 3.80. The van der Waals surface area contributed by atoms with Crippen LogP contribution in [0.15, 0.2) is 15.8 Å². The Kier molecular flexibility index (Phi) is 5.26. The lowest BCUT2D eigenvalue weighted by Gasteiger charge is -2.18. The molecule has 0 unspecified atom stereocenters. The molecular formula is C13H21N3O4. The number of carbonyl (C=O) groups is 1. The number of carbonyl (C=O) groups excluding carboxylic acids is 1. The molecule has 0 N–H and O–H groups in total. The van der Waals surface area contributed by atoms with Gasteiger partial charge in [-0.2, -0.15) is 0 Å². The van der Waals surface area contributed by atoms with Gasteiger partial charge in [-0.3, -0.25) is 14.2 Å². The molecular weight excluding hydrogens is 262 g/mol. The molecule has 0 radical (unpaired) electrons. The smallest absolute Gasteiger partial charge is 0.330 e. The fourth-order valence-corrected chi connectivity index (χ4v) is 1.68. The highest BCUT2D eigenvalue weighted by molar-refractivity contribution is 5.77. The zero-order valence-electron chi connectivity index (χ0n) is 12.5. The van der Waals surface area contributed by atoms with Crippen LogP contribution in [0, 0.1) is 0 Å². The fraction of sp³-hybridized carbons (Fsp3) is 0.615. The zero-order chi connectivity index (χ0) is 15.4. The maximum absolute atomic E-state index is 11.9. The van der Waals surface area contributed by atoms with E-state index < -0.39 is 11.2 Å². The standard InChI is InChI=1S/C13H21N3O4/c1-9(2)20-8-11(17)14(3)6-10-7-15(4)13(19)16(5)12(10)18/h7,9H,6,8H2,1-5H3. The number of hydrogen-bond acceptors (Lipinski definition) is 4. The number of amides is 1. The van der Waals surface area contributed by atoms with Crippen molar-refractivity contribution >= 4 is 5.91 Å². The molecule has 1 aromatic rings. The molecule has 0 saturated heterocycles. The maximum Gasteiger partial charge on any atom is 0.330 e. The summed E-state index contributed by atoms with van der Waals surface area (Å²) in [5, 5.41) is 0. The van der Waals surface area contributed by atoms with E-state index in [-0.39, 0.29) is 25.2 Å². The van der Waals surface area contributed by atoms with Crippen molar-refractivity contribution in [3.8, 4) is 0 Å². The van der Waals surface area contributed by atoms with Crippen LogP contribution >= 0.6 is 0 Å². The Morgan fingerprint density at radius 3 is 2.50 bits per heavy atom. The molecule has 0 aliphatic carbocycles. The largest absolute Gasteiger partial charge is 0.369 e. The van der Waals surface area contributed by atoms with Gasteiger partial charge in [0.2, 0.25) is 5.91 Å². The first-order chi connectivity index (χ1) is 9.23. The molecule has 0 fully saturated rings. The van der Waals surface area contributed by atoms with Crippen LogP contribution < -0.4 is 11.2 Å². The molecule has 0 aliphatic rings. The van der Waals surface area contributed by atoms with Gasteiger partial charge in [0.15, 0.2) is 0 Å². The highest BCUT2D eigenvalue weighted by atomic mass is 16.5. The van der Waals surface area contributed by atoms with Crippen LogP contribution in [0.4, 0.5) is 0 Å². The Labute approximate surface area is 117 Å². The average molecular weight is 283 g/mol. The SMILES string of the molecule is CC(C)OCC(=O)N(C)Cc1cn(C)c(=O)n(C)c1=O. The van der Waals surface area contributed by atoms with Crippen molar-refractivity contribution in [1.29, 1.82) is 0 Å². The number of hydrogen-bond donors (Lipinski definition) is 0. The van der Waals surface area contributed by atoms with Crippen molar-refractivity contribution in [1.82, 2.24) is 14.0 Å². The summed E-state index contributed by atoms with van der Waals surface area (Å²) >= 11 is 0. The van der Waals surface area contributed by atoms with E-state index in [0.29, 0.717) is 5.56 Å². The normalized spacial score (nSPS) is 10.9. The van der Waals surface area contributed by atoms with Crippen LogP contribution in [-0.4, -0.2) is 39.7 Å². The molecule has 0 aromatic carbocycles. The predicted octanol–water partition coefficient (Wildman–Crippen LogP) is -0.533. The second kappa shape index (κ2) is 6.51. The van der Waals surface area contributed by atoms with Crippen molar-refractivity contribution in [2.75, 3.05) is 13.7 Å². The summed E-state index contributed by atoms with van der Waals surface area (Å²) in [7, 11) is 4.57. The van der Waals surface area contributed by atoms with Gasteiger partial charge in [0.25, 0.3) is 5.56 Å². The van der Waals surface area contributed by atoms with Crippen molar-refractivity contribution in [3.63, 3.8) is 0 Å². The van der Waals surface area contributed by atoms with Gasteiger partial charge in [-0.15, -0.1) is 0 Å². The Morgan fingerprint density at radius 1 is 1.35 bits per heavy atom. The van der Waals surface area contributed by atoms with Gasteiger partial charge in [0, 0.05) is 27.3 Å². The highest BCUT2D eigenvalue weighted by Crippen LogP contribution is 1.98. The molecule has 0 bridgehead atoms. The summed E-state index contributed by atoms with van der Waals surface area (Å²) in [5.74, 6) is -0.213. The van der Waals surface area contributed by atoms with Crippen LogP contribution in [0.3, 0.4) is 0 Å². The number of aryl methyl sites for hydroxylation is 1. The highest BCUT2D eigenvalue weighted by Gasteiger charge is 2.14. The van der Waals surface area contributed by atoms with E-state index in [2.05, 4.69) is 0 Å². The number of nitrogens with zero attached hydrogens (tertiary/aromatic N) is 3. The number of rotatable bonds is 5. The van der Waals surface area contributed by atoms with Gasteiger partial charge in [-0.05, 0) is 13.8 Å². The van der Waals surface area contributed by atoms with Crippen molar-refractivity contribution in [2.45, 2.75) is 26.5 Å². The lowest BCUT2D eigenvalue weighted by atomic mass is 10.3. The third-order valence-electron chi connectivity index (χ3n) is 2.89. The lowest BCUT2D eigenvalue weighted by molar-refractivity contribution is -0.136. The van der Waals surface area contributed by atoms with Gasteiger partial charge in [0.1, 0.15) is 6.61 Å².